The fourth-order valence-corrected chi connectivity index (χ4v) is 2.45. The lowest BCUT2D eigenvalue weighted by atomic mass is 9.99. The predicted molar refractivity (Wildman–Crippen MR) is 68.7 cm³/mol. The molecule has 1 heterocycles. The van der Waals surface area contributed by atoms with E-state index in [4.69, 9.17) is 14.6 Å². The number of ether oxygens (including phenoxy) is 2. The summed E-state index contributed by atoms with van der Waals surface area (Å²) in [7, 11) is 1.73. The minimum Gasteiger partial charge on any atom is -0.480 e. The van der Waals surface area contributed by atoms with Crippen LogP contribution in [0, 0.1) is 5.92 Å². The summed E-state index contributed by atoms with van der Waals surface area (Å²) in [6.45, 7) is 6.88. The number of likely N-dealkylation sites (tertiary alicyclic amines) is 1. The number of carbonyl (C=O) groups is 1. The van der Waals surface area contributed by atoms with Crippen LogP contribution in [0.2, 0.25) is 0 Å². The van der Waals surface area contributed by atoms with Crippen molar-refractivity contribution in [1.82, 2.24) is 4.90 Å². The van der Waals surface area contributed by atoms with Gasteiger partial charge in [-0.1, -0.05) is 13.8 Å². The molecule has 0 amide bonds. The number of methoxy groups -OCH3 is 1. The molecule has 1 fully saturated rings. The standard InChI is InChI=1S/C13H25NO4/c1-10(2)12(8-17-3)14-6-4-11(5-7-14)18-9-13(15)16/h10-12H,4-9H2,1-3H3,(H,15,16). The van der Waals surface area contributed by atoms with Gasteiger partial charge in [-0.25, -0.2) is 4.79 Å². The molecule has 0 bridgehead atoms. The molecule has 5 nitrogen and oxygen atoms in total. The Labute approximate surface area is 109 Å². The van der Waals surface area contributed by atoms with E-state index in [1.165, 1.54) is 0 Å². The summed E-state index contributed by atoms with van der Waals surface area (Å²) in [4.78, 5) is 12.9. The lowest BCUT2D eigenvalue weighted by Crippen LogP contribution is -2.47. The monoisotopic (exact) mass is 259 g/mol. The Morgan fingerprint density at radius 2 is 2.00 bits per heavy atom. The summed E-state index contributed by atoms with van der Waals surface area (Å²) >= 11 is 0. The molecule has 0 aromatic heterocycles. The molecular formula is C13H25NO4. The van der Waals surface area contributed by atoms with Crippen LogP contribution in [0.5, 0.6) is 0 Å². The van der Waals surface area contributed by atoms with Gasteiger partial charge in [0.15, 0.2) is 0 Å². The van der Waals surface area contributed by atoms with Crippen LogP contribution in [0.25, 0.3) is 0 Å². The van der Waals surface area contributed by atoms with Gasteiger partial charge in [0.2, 0.25) is 0 Å². The lowest BCUT2D eigenvalue weighted by molar-refractivity contribution is -0.145. The van der Waals surface area contributed by atoms with E-state index >= 15 is 0 Å². The van der Waals surface area contributed by atoms with Crippen LogP contribution >= 0.6 is 0 Å². The number of rotatable bonds is 7. The number of hydrogen-bond acceptors (Lipinski definition) is 4. The third kappa shape index (κ3) is 4.92. The molecule has 1 aliphatic heterocycles. The number of nitrogens with zero attached hydrogens (tertiary/aromatic N) is 1. The van der Waals surface area contributed by atoms with Gasteiger partial charge in [-0.15, -0.1) is 0 Å². The minimum atomic E-state index is -0.892. The first-order valence-corrected chi connectivity index (χ1v) is 6.61. The van der Waals surface area contributed by atoms with Crippen LogP contribution in [-0.2, 0) is 14.3 Å². The molecular weight excluding hydrogens is 234 g/mol. The first kappa shape index (κ1) is 15.4. The number of carboxylic acid groups (broad SMARTS) is 1. The average Bonchev–Trinajstić information content (AvgIpc) is 2.34. The van der Waals surface area contributed by atoms with Crippen molar-refractivity contribution in [2.24, 2.45) is 5.92 Å². The zero-order chi connectivity index (χ0) is 13.5. The Bertz CT molecular complexity index is 249. The van der Waals surface area contributed by atoms with Crippen LogP contribution in [0.15, 0.2) is 0 Å². The summed E-state index contributed by atoms with van der Waals surface area (Å²) < 4.78 is 10.6. The Morgan fingerprint density at radius 3 is 2.44 bits per heavy atom. The van der Waals surface area contributed by atoms with Gasteiger partial charge in [-0.3, -0.25) is 4.90 Å². The Kier molecular flexibility index (Phi) is 6.60. The van der Waals surface area contributed by atoms with Crippen LogP contribution in [-0.4, -0.2) is 61.5 Å². The van der Waals surface area contributed by atoms with Crippen molar-refractivity contribution < 1.29 is 19.4 Å². The van der Waals surface area contributed by atoms with Crippen molar-refractivity contribution in [2.75, 3.05) is 33.4 Å². The molecule has 1 aliphatic rings. The molecule has 1 unspecified atom stereocenters. The van der Waals surface area contributed by atoms with Crippen LogP contribution in [0.4, 0.5) is 0 Å². The summed E-state index contributed by atoms with van der Waals surface area (Å²) in [6, 6.07) is 0.440. The van der Waals surface area contributed by atoms with E-state index in [9.17, 15) is 4.79 Å². The molecule has 0 spiro atoms. The largest absolute Gasteiger partial charge is 0.480 e. The Balaban J connectivity index is 2.35. The molecule has 18 heavy (non-hydrogen) atoms. The molecule has 106 valence electrons. The van der Waals surface area contributed by atoms with Crippen molar-refractivity contribution >= 4 is 5.97 Å². The van der Waals surface area contributed by atoms with E-state index in [-0.39, 0.29) is 12.7 Å². The highest BCUT2D eigenvalue weighted by Gasteiger charge is 2.27. The van der Waals surface area contributed by atoms with Gasteiger partial charge >= 0.3 is 5.97 Å². The highest BCUT2D eigenvalue weighted by Crippen LogP contribution is 2.19. The van der Waals surface area contributed by atoms with Crippen molar-refractivity contribution in [3.63, 3.8) is 0 Å². The maximum Gasteiger partial charge on any atom is 0.329 e. The number of hydrogen-bond donors (Lipinski definition) is 1. The smallest absolute Gasteiger partial charge is 0.329 e. The average molecular weight is 259 g/mol. The Morgan fingerprint density at radius 1 is 1.39 bits per heavy atom. The molecule has 0 aliphatic carbocycles. The van der Waals surface area contributed by atoms with Crippen molar-refractivity contribution in [1.29, 1.82) is 0 Å². The fraction of sp³-hybridized carbons (Fsp3) is 0.923. The van der Waals surface area contributed by atoms with Gasteiger partial charge in [-0.05, 0) is 18.8 Å². The minimum absolute atomic E-state index is 0.0905. The first-order valence-electron chi connectivity index (χ1n) is 6.61. The second-order valence-electron chi connectivity index (χ2n) is 5.21. The van der Waals surface area contributed by atoms with Crippen LogP contribution in [0.3, 0.4) is 0 Å². The van der Waals surface area contributed by atoms with Crippen molar-refractivity contribution in [3.05, 3.63) is 0 Å². The van der Waals surface area contributed by atoms with E-state index in [0.717, 1.165) is 32.5 Å². The van der Waals surface area contributed by atoms with Crippen LogP contribution in [0.1, 0.15) is 26.7 Å². The molecule has 0 radical (unpaired) electrons. The van der Waals surface area contributed by atoms with Crippen molar-refractivity contribution in [3.8, 4) is 0 Å². The van der Waals surface area contributed by atoms with Crippen molar-refractivity contribution in [2.45, 2.75) is 38.8 Å². The van der Waals surface area contributed by atoms with E-state index < -0.39 is 5.97 Å². The maximum atomic E-state index is 10.4. The molecule has 1 atom stereocenters. The number of carboxylic acids is 1. The highest BCUT2D eigenvalue weighted by molar-refractivity contribution is 5.68. The summed E-state index contributed by atoms with van der Waals surface area (Å²) in [5, 5.41) is 8.58. The normalized spacial score (nSPS) is 20.2. The zero-order valence-electron chi connectivity index (χ0n) is 11.6. The summed E-state index contributed by atoms with van der Waals surface area (Å²) in [6.07, 6.45) is 1.90. The second kappa shape index (κ2) is 7.71. The molecule has 1 saturated heterocycles. The molecule has 0 saturated carbocycles. The number of piperidine rings is 1. The predicted octanol–water partition coefficient (Wildman–Crippen LogP) is 1.22. The Hall–Kier alpha value is -0.650. The van der Waals surface area contributed by atoms with E-state index in [2.05, 4.69) is 18.7 Å². The van der Waals surface area contributed by atoms with E-state index in [1.54, 1.807) is 7.11 Å². The zero-order valence-corrected chi connectivity index (χ0v) is 11.6. The van der Waals surface area contributed by atoms with Gasteiger partial charge in [0.05, 0.1) is 12.7 Å². The molecule has 1 N–H and O–H groups in total. The molecule has 0 aromatic carbocycles. The van der Waals surface area contributed by atoms with E-state index in [0.29, 0.717) is 12.0 Å². The lowest BCUT2D eigenvalue weighted by Gasteiger charge is -2.38. The molecule has 0 aromatic rings. The second-order valence-corrected chi connectivity index (χ2v) is 5.21. The third-order valence-corrected chi connectivity index (χ3v) is 3.50. The highest BCUT2D eigenvalue weighted by atomic mass is 16.5. The first-order chi connectivity index (χ1) is 8.54. The quantitative estimate of drug-likeness (QED) is 0.745. The molecule has 1 rings (SSSR count). The van der Waals surface area contributed by atoms with Crippen LogP contribution < -0.4 is 0 Å². The van der Waals surface area contributed by atoms with Gasteiger partial charge in [0.1, 0.15) is 6.61 Å². The topological polar surface area (TPSA) is 59.0 Å². The van der Waals surface area contributed by atoms with Gasteiger partial charge in [0.25, 0.3) is 0 Å². The van der Waals surface area contributed by atoms with E-state index in [1.807, 2.05) is 0 Å². The van der Waals surface area contributed by atoms with Gasteiger partial charge in [-0.2, -0.15) is 0 Å². The summed E-state index contributed by atoms with van der Waals surface area (Å²) in [5.74, 6) is -0.335. The van der Waals surface area contributed by atoms with Gasteiger partial charge < -0.3 is 14.6 Å². The SMILES string of the molecule is COCC(C(C)C)N1CCC(OCC(=O)O)CC1. The fourth-order valence-electron chi connectivity index (χ4n) is 2.45. The van der Waals surface area contributed by atoms with Gasteiger partial charge in [0, 0.05) is 26.2 Å². The summed E-state index contributed by atoms with van der Waals surface area (Å²) in [5.41, 5.74) is 0. The molecule has 5 heteroatoms. The maximum absolute atomic E-state index is 10.4. The number of aliphatic carboxylic acids is 1. The third-order valence-electron chi connectivity index (χ3n) is 3.50.